The molecule has 0 radical (unpaired) electrons. The highest BCUT2D eigenvalue weighted by atomic mass is 32.1. The highest BCUT2D eigenvalue weighted by molar-refractivity contribution is 7.15. The van der Waals surface area contributed by atoms with Crippen LogP contribution in [0, 0.1) is 11.8 Å². The van der Waals surface area contributed by atoms with Crippen LogP contribution >= 0.6 is 11.3 Å². The van der Waals surface area contributed by atoms with Crippen molar-refractivity contribution in [2.75, 3.05) is 25.6 Å². The minimum atomic E-state index is -1.16. The van der Waals surface area contributed by atoms with E-state index in [0.717, 1.165) is 21.8 Å². The number of rotatable bonds is 9. The normalized spacial score (nSPS) is 19.1. The van der Waals surface area contributed by atoms with Crippen LogP contribution in [-0.4, -0.2) is 60.9 Å². The maximum atomic E-state index is 12.7. The van der Waals surface area contributed by atoms with Gasteiger partial charge in [0.2, 0.25) is 11.8 Å². The van der Waals surface area contributed by atoms with E-state index in [1.807, 2.05) is 12.2 Å². The summed E-state index contributed by atoms with van der Waals surface area (Å²) in [6, 6.07) is 5.91. The summed E-state index contributed by atoms with van der Waals surface area (Å²) in [6.07, 6.45) is 4.63. The van der Waals surface area contributed by atoms with Crippen molar-refractivity contribution < 1.29 is 38.2 Å². The third kappa shape index (κ3) is 5.33. The molecule has 3 amide bonds. The average Bonchev–Trinajstić information content (AvgIpc) is 3.45. The number of methoxy groups -OCH3 is 1. The summed E-state index contributed by atoms with van der Waals surface area (Å²) >= 11 is 1.13. The molecule has 200 valence electrons. The SMILES string of the molecule is CCOC(=O)c1c(-c2ccc(OC)cc2)csc1NC(=O)COC(=O)C(C)N1C(=O)C2CC=CCC2C1=O. The Kier molecular flexibility index (Phi) is 8.26. The fourth-order valence-corrected chi connectivity index (χ4v) is 5.55. The molecule has 1 aromatic carbocycles. The number of imide groups is 1. The lowest BCUT2D eigenvalue weighted by Gasteiger charge is -2.21. The first kappa shape index (κ1) is 27.1. The number of nitrogens with one attached hydrogen (secondary N) is 1. The highest BCUT2D eigenvalue weighted by Gasteiger charge is 2.50. The topological polar surface area (TPSA) is 128 Å². The maximum absolute atomic E-state index is 12.7. The van der Waals surface area contributed by atoms with Crippen molar-refractivity contribution in [3.63, 3.8) is 0 Å². The van der Waals surface area contributed by atoms with Crippen molar-refractivity contribution in [1.29, 1.82) is 0 Å². The number of allylic oxidation sites excluding steroid dienone is 2. The number of thiophene rings is 1. The van der Waals surface area contributed by atoms with Crippen molar-refractivity contribution in [2.45, 2.75) is 32.7 Å². The Morgan fingerprint density at radius 3 is 2.26 bits per heavy atom. The van der Waals surface area contributed by atoms with E-state index in [-0.39, 0.29) is 17.2 Å². The number of hydrogen-bond donors (Lipinski definition) is 1. The molecule has 1 fully saturated rings. The van der Waals surface area contributed by atoms with Gasteiger partial charge in [-0.05, 0) is 44.4 Å². The lowest BCUT2D eigenvalue weighted by atomic mass is 9.85. The van der Waals surface area contributed by atoms with Crippen LogP contribution in [0.25, 0.3) is 11.1 Å². The minimum Gasteiger partial charge on any atom is -0.497 e. The molecule has 2 aliphatic rings. The van der Waals surface area contributed by atoms with Crippen LogP contribution in [-0.2, 0) is 28.7 Å². The van der Waals surface area contributed by atoms with Gasteiger partial charge in [-0.2, -0.15) is 0 Å². The Morgan fingerprint density at radius 1 is 1.05 bits per heavy atom. The first-order chi connectivity index (χ1) is 18.3. The number of amides is 3. The van der Waals surface area contributed by atoms with E-state index in [2.05, 4.69) is 5.32 Å². The van der Waals surface area contributed by atoms with E-state index in [0.29, 0.717) is 24.2 Å². The smallest absolute Gasteiger partial charge is 0.341 e. The molecule has 1 saturated heterocycles. The van der Waals surface area contributed by atoms with Crippen LogP contribution in [0.1, 0.15) is 37.0 Å². The van der Waals surface area contributed by atoms with E-state index in [9.17, 15) is 24.0 Å². The second kappa shape index (κ2) is 11.6. The Labute approximate surface area is 223 Å². The second-order valence-electron chi connectivity index (χ2n) is 8.84. The first-order valence-electron chi connectivity index (χ1n) is 12.2. The summed E-state index contributed by atoms with van der Waals surface area (Å²) in [5.74, 6) is -3.25. The Balaban J connectivity index is 1.42. The van der Waals surface area contributed by atoms with Gasteiger partial charge in [-0.25, -0.2) is 9.59 Å². The second-order valence-corrected chi connectivity index (χ2v) is 9.72. The molecule has 3 atom stereocenters. The Morgan fingerprint density at radius 2 is 1.68 bits per heavy atom. The number of carbonyl (C=O) groups is 5. The largest absolute Gasteiger partial charge is 0.497 e. The lowest BCUT2D eigenvalue weighted by molar-refractivity contribution is -0.159. The predicted octanol–water partition coefficient (Wildman–Crippen LogP) is 3.42. The summed E-state index contributed by atoms with van der Waals surface area (Å²) in [4.78, 5) is 64.4. The monoisotopic (exact) mass is 540 g/mol. The molecule has 10 nitrogen and oxygen atoms in total. The van der Waals surface area contributed by atoms with Crippen molar-refractivity contribution in [1.82, 2.24) is 4.90 Å². The molecule has 2 aromatic rings. The summed E-state index contributed by atoms with van der Waals surface area (Å²) in [5.41, 5.74) is 1.47. The number of anilines is 1. The Bertz CT molecular complexity index is 1260. The van der Waals surface area contributed by atoms with Crippen LogP contribution in [0.15, 0.2) is 41.8 Å². The summed E-state index contributed by atoms with van der Waals surface area (Å²) in [5, 5.41) is 4.57. The van der Waals surface area contributed by atoms with Crippen molar-refractivity contribution in [3.8, 4) is 16.9 Å². The maximum Gasteiger partial charge on any atom is 0.341 e. The molecule has 1 aliphatic heterocycles. The number of ether oxygens (including phenoxy) is 3. The van der Waals surface area contributed by atoms with Gasteiger partial charge in [-0.3, -0.25) is 19.3 Å². The van der Waals surface area contributed by atoms with Gasteiger partial charge in [0.25, 0.3) is 5.91 Å². The van der Waals surface area contributed by atoms with Gasteiger partial charge in [-0.15, -0.1) is 11.3 Å². The molecular formula is C27H28N2O8S. The van der Waals surface area contributed by atoms with Crippen molar-refractivity contribution in [2.24, 2.45) is 11.8 Å². The number of carbonyl (C=O) groups excluding carboxylic acids is 5. The van der Waals surface area contributed by atoms with Crippen LogP contribution in [0.3, 0.4) is 0 Å². The van der Waals surface area contributed by atoms with E-state index in [1.165, 1.54) is 6.92 Å². The van der Waals surface area contributed by atoms with E-state index < -0.39 is 54.1 Å². The van der Waals surface area contributed by atoms with Gasteiger partial charge in [0.15, 0.2) is 6.61 Å². The van der Waals surface area contributed by atoms with Gasteiger partial charge < -0.3 is 19.5 Å². The number of benzene rings is 1. The van der Waals surface area contributed by atoms with Gasteiger partial charge in [0, 0.05) is 10.9 Å². The van der Waals surface area contributed by atoms with E-state index in [1.54, 1.807) is 43.7 Å². The fourth-order valence-electron chi connectivity index (χ4n) is 4.57. The van der Waals surface area contributed by atoms with Gasteiger partial charge in [0.1, 0.15) is 22.4 Å². The molecule has 38 heavy (non-hydrogen) atoms. The zero-order valence-corrected chi connectivity index (χ0v) is 22.0. The molecule has 1 aromatic heterocycles. The fraction of sp³-hybridized carbons (Fsp3) is 0.370. The Hall–Kier alpha value is -3.99. The standard InChI is InChI=1S/C27H28N2O8S/c1-4-36-27(34)22-20(16-9-11-17(35-3)12-10-16)14-38-23(22)28-21(30)13-37-26(33)15(2)29-24(31)18-7-5-6-8-19(18)25(29)32/h5-6,9-12,14-15,18-19H,4,7-8,13H2,1-3H3,(H,28,30). The highest BCUT2D eigenvalue weighted by Crippen LogP contribution is 2.38. The van der Waals surface area contributed by atoms with E-state index in [4.69, 9.17) is 14.2 Å². The number of nitrogens with zero attached hydrogens (tertiary/aromatic N) is 1. The van der Waals surface area contributed by atoms with Crippen molar-refractivity contribution >= 4 is 46.0 Å². The van der Waals surface area contributed by atoms with Crippen LogP contribution in [0.4, 0.5) is 5.00 Å². The zero-order valence-electron chi connectivity index (χ0n) is 21.2. The quantitative estimate of drug-likeness (QED) is 0.291. The average molecular weight is 541 g/mol. The molecule has 2 heterocycles. The van der Waals surface area contributed by atoms with Gasteiger partial charge >= 0.3 is 11.9 Å². The zero-order chi connectivity index (χ0) is 27.4. The molecule has 3 unspecified atom stereocenters. The number of esters is 2. The minimum absolute atomic E-state index is 0.144. The van der Waals surface area contributed by atoms with E-state index >= 15 is 0 Å². The molecule has 0 spiro atoms. The summed E-state index contributed by atoms with van der Waals surface area (Å²) in [6.45, 7) is 2.56. The summed E-state index contributed by atoms with van der Waals surface area (Å²) in [7, 11) is 1.55. The van der Waals surface area contributed by atoms with Gasteiger partial charge in [0.05, 0.1) is 25.6 Å². The van der Waals surface area contributed by atoms with Crippen LogP contribution < -0.4 is 10.1 Å². The lowest BCUT2D eigenvalue weighted by Crippen LogP contribution is -2.45. The molecule has 1 aliphatic carbocycles. The molecule has 4 rings (SSSR count). The number of likely N-dealkylation sites (tertiary alicyclic amines) is 1. The molecule has 0 saturated carbocycles. The first-order valence-corrected chi connectivity index (χ1v) is 13.1. The predicted molar refractivity (Wildman–Crippen MR) is 139 cm³/mol. The molecular weight excluding hydrogens is 512 g/mol. The number of hydrogen-bond acceptors (Lipinski definition) is 9. The molecule has 0 bridgehead atoms. The third-order valence-corrected chi connectivity index (χ3v) is 7.44. The molecule has 11 heteroatoms. The van der Waals surface area contributed by atoms with Crippen molar-refractivity contribution in [3.05, 3.63) is 47.4 Å². The number of fused-ring (bicyclic) bond motifs is 1. The van der Waals surface area contributed by atoms with Crippen LogP contribution in [0.2, 0.25) is 0 Å². The summed E-state index contributed by atoms with van der Waals surface area (Å²) < 4.78 is 15.5. The molecule has 1 N–H and O–H groups in total. The third-order valence-electron chi connectivity index (χ3n) is 6.54. The van der Waals surface area contributed by atoms with Gasteiger partial charge in [-0.1, -0.05) is 24.3 Å². The van der Waals surface area contributed by atoms with Crippen LogP contribution in [0.5, 0.6) is 5.75 Å².